The van der Waals surface area contributed by atoms with Crippen LogP contribution in [0.1, 0.15) is 11.1 Å². The first-order chi connectivity index (χ1) is 7.41. The molecule has 6 nitrogen and oxygen atoms in total. The summed E-state index contributed by atoms with van der Waals surface area (Å²) in [5, 5.41) is 19.2. The van der Waals surface area contributed by atoms with Gasteiger partial charge < -0.3 is 10.8 Å². The summed E-state index contributed by atoms with van der Waals surface area (Å²) in [4.78, 5) is 20.6. The molecule has 1 unspecified atom stereocenters. The monoisotopic (exact) mass is 260 g/mol. The van der Waals surface area contributed by atoms with Gasteiger partial charge in [0.15, 0.2) is 0 Å². The van der Waals surface area contributed by atoms with Crippen molar-refractivity contribution < 1.29 is 14.8 Å². The number of nitro groups is 1. The second-order valence-corrected chi connectivity index (χ2v) is 3.53. The number of nitrogens with two attached hydrogens (primary N) is 1. The fourth-order valence-corrected chi connectivity index (χ4v) is 1.39. The molecule has 17 heavy (non-hydrogen) atoms. The number of hydrogen-bond donors (Lipinski definition) is 2. The van der Waals surface area contributed by atoms with Crippen molar-refractivity contribution in [2.75, 3.05) is 0 Å². The van der Waals surface area contributed by atoms with E-state index in [1.54, 1.807) is 13.0 Å². The smallest absolute Gasteiger partial charge is 0.320 e. The SMILES string of the molecule is Cc1cc(CC(N)C(=O)O)ccc1[N+](=O)[O-].Cl. The van der Waals surface area contributed by atoms with E-state index in [0.717, 1.165) is 0 Å². The molecule has 1 aromatic carbocycles. The molecular weight excluding hydrogens is 248 g/mol. The minimum Gasteiger partial charge on any atom is -0.480 e. The molecule has 3 N–H and O–H groups in total. The van der Waals surface area contributed by atoms with E-state index in [1.165, 1.54) is 12.1 Å². The topological polar surface area (TPSA) is 106 Å². The molecule has 0 aliphatic rings. The lowest BCUT2D eigenvalue weighted by molar-refractivity contribution is -0.385. The summed E-state index contributed by atoms with van der Waals surface area (Å²) in [6.07, 6.45) is 0.161. The lowest BCUT2D eigenvalue weighted by atomic mass is 10.0. The summed E-state index contributed by atoms with van der Waals surface area (Å²) in [7, 11) is 0. The van der Waals surface area contributed by atoms with Crippen molar-refractivity contribution in [3.05, 3.63) is 39.4 Å². The molecule has 0 saturated carbocycles. The van der Waals surface area contributed by atoms with Crippen LogP contribution >= 0.6 is 12.4 Å². The van der Waals surface area contributed by atoms with Crippen LogP contribution in [0.15, 0.2) is 18.2 Å². The zero-order chi connectivity index (χ0) is 12.3. The Balaban J connectivity index is 0.00000256. The van der Waals surface area contributed by atoms with Gasteiger partial charge in [0.05, 0.1) is 4.92 Å². The number of carboxylic acid groups (broad SMARTS) is 1. The Hall–Kier alpha value is -1.66. The van der Waals surface area contributed by atoms with Gasteiger partial charge in [0.2, 0.25) is 0 Å². The van der Waals surface area contributed by atoms with E-state index in [4.69, 9.17) is 10.8 Å². The molecule has 0 aliphatic carbocycles. The van der Waals surface area contributed by atoms with Crippen molar-refractivity contribution in [1.29, 1.82) is 0 Å². The molecule has 7 heteroatoms. The van der Waals surface area contributed by atoms with Gasteiger partial charge in [-0.05, 0) is 25.0 Å². The average molecular weight is 261 g/mol. The van der Waals surface area contributed by atoms with E-state index in [2.05, 4.69) is 0 Å². The van der Waals surface area contributed by atoms with Gasteiger partial charge in [-0.2, -0.15) is 0 Å². The van der Waals surface area contributed by atoms with Crippen molar-refractivity contribution >= 4 is 24.1 Å². The number of benzene rings is 1. The molecular formula is C10H13ClN2O4. The van der Waals surface area contributed by atoms with Crippen molar-refractivity contribution in [3.8, 4) is 0 Å². The van der Waals surface area contributed by atoms with E-state index in [9.17, 15) is 14.9 Å². The zero-order valence-electron chi connectivity index (χ0n) is 9.12. The molecule has 0 radical (unpaired) electrons. The Morgan fingerprint density at radius 2 is 2.18 bits per heavy atom. The van der Waals surface area contributed by atoms with Gasteiger partial charge >= 0.3 is 5.97 Å². The minimum atomic E-state index is -1.09. The van der Waals surface area contributed by atoms with Crippen LogP contribution in [0.25, 0.3) is 0 Å². The van der Waals surface area contributed by atoms with Crippen LogP contribution in [0.4, 0.5) is 5.69 Å². The third kappa shape index (κ3) is 4.01. The van der Waals surface area contributed by atoms with Gasteiger partial charge in [0, 0.05) is 11.6 Å². The maximum Gasteiger partial charge on any atom is 0.320 e. The number of carbonyl (C=O) groups is 1. The van der Waals surface area contributed by atoms with Crippen LogP contribution in [0.2, 0.25) is 0 Å². The molecule has 0 aromatic heterocycles. The summed E-state index contributed by atoms with van der Waals surface area (Å²) in [5.74, 6) is -1.09. The van der Waals surface area contributed by atoms with Gasteiger partial charge in [-0.1, -0.05) is 6.07 Å². The fourth-order valence-electron chi connectivity index (χ4n) is 1.39. The van der Waals surface area contributed by atoms with Gasteiger partial charge in [0.1, 0.15) is 6.04 Å². The predicted octanol–water partition coefficient (Wildman–Crippen LogP) is 1.28. The number of halogens is 1. The van der Waals surface area contributed by atoms with E-state index in [0.29, 0.717) is 11.1 Å². The second-order valence-electron chi connectivity index (χ2n) is 3.53. The molecule has 1 atom stereocenters. The van der Waals surface area contributed by atoms with E-state index >= 15 is 0 Å². The average Bonchev–Trinajstić information content (AvgIpc) is 2.16. The van der Waals surface area contributed by atoms with Crippen molar-refractivity contribution in [3.63, 3.8) is 0 Å². The lowest BCUT2D eigenvalue weighted by Gasteiger charge is -2.07. The molecule has 0 aliphatic heterocycles. The van der Waals surface area contributed by atoms with Crippen LogP contribution in [0.5, 0.6) is 0 Å². The number of nitro benzene ring substituents is 1. The van der Waals surface area contributed by atoms with Gasteiger partial charge in [-0.25, -0.2) is 0 Å². The highest BCUT2D eigenvalue weighted by Crippen LogP contribution is 2.19. The maximum absolute atomic E-state index is 10.6. The van der Waals surface area contributed by atoms with Crippen LogP contribution in [-0.4, -0.2) is 22.0 Å². The molecule has 0 saturated heterocycles. The predicted molar refractivity (Wildman–Crippen MR) is 64.4 cm³/mol. The standard InChI is InChI=1S/C10H12N2O4.ClH/c1-6-4-7(5-8(11)10(13)14)2-3-9(6)12(15)16;/h2-4,8H,5,11H2,1H3,(H,13,14);1H. The summed E-state index contributed by atoms with van der Waals surface area (Å²) >= 11 is 0. The number of hydrogen-bond acceptors (Lipinski definition) is 4. The van der Waals surface area contributed by atoms with E-state index in [-0.39, 0.29) is 24.5 Å². The van der Waals surface area contributed by atoms with Crippen LogP contribution in [0.3, 0.4) is 0 Å². The lowest BCUT2D eigenvalue weighted by Crippen LogP contribution is -2.32. The molecule has 1 aromatic rings. The first kappa shape index (κ1) is 15.3. The Morgan fingerprint density at radius 3 is 2.59 bits per heavy atom. The minimum absolute atomic E-state index is 0. The van der Waals surface area contributed by atoms with Crippen molar-refractivity contribution in [1.82, 2.24) is 0 Å². The Labute approximate surface area is 104 Å². The van der Waals surface area contributed by atoms with Crippen LogP contribution in [0, 0.1) is 17.0 Å². The number of carboxylic acids is 1. The largest absolute Gasteiger partial charge is 0.480 e. The van der Waals surface area contributed by atoms with Crippen molar-refractivity contribution in [2.24, 2.45) is 5.73 Å². The van der Waals surface area contributed by atoms with Gasteiger partial charge in [-0.3, -0.25) is 14.9 Å². The zero-order valence-corrected chi connectivity index (χ0v) is 9.94. The van der Waals surface area contributed by atoms with E-state index in [1.807, 2.05) is 0 Å². The normalized spacial score (nSPS) is 11.4. The second kappa shape index (κ2) is 6.17. The fraction of sp³-hybridized carbons (Fsp3) is 0.300. The van der Waals surface area contributed by atoms with Gasteiger partial charge in [0.25, 0.3) is 5.69 Å². The summed E-state index contributed by atoms with van der Waals surface area (Å²) < 4.78 is 0. The number of aliphatic carboxylic acids is 1. The Morgan fingerprint density at radius 1 is 1.59 bits per heavy atom. The summed E-state index contributed by atoms with van der Waals surface area (Å²) in [6.45, 7) is 1.61. The maximum atomic E-state index is 10.6. The summed E-state index contributed by atoms with van der Waals surface area (Å²) in [5.41, 5.74) is 6.56. The van der Waals surface area contributed by atoms with Gasteiger partial charge in [-0.15, -0.1) is 12.4 Å². The first-order valence-corrected chi connectivity index (χ1v) is 4.64. The van der Waals surface area contributed by atoms with E-state index < -0.39 is 16.9 Å². The molecule has 0 bridgehead atoms. The Kier molecular flexibility index (Phi) is 5.57. The first-order valence-electron chi connectivity index (χ1n) is 4.64. The molecule has 0 amide bonds. The number of nitrogens with zero attached hydrogens (tertiary/aromatic N) is 1. The molecule has 0 fully saturated rings. The molecule has 0 heterocycles. The van der Waals surface area contributed by atoms with Crippen LogP contribution < -0.4 is 5.73 Å². The highest BCUT2D eigenvalue weighted by atomic mass is 35.5. The molecule has 1 rings (SSSR count). The molecule has 94 valence electrons. The quantitative estimate of drug-likeness (QED) is 0.626. The Bertz CT molecular complexity index is 436. The highest BCUT2D eigenvalue weighted by Gasteiger charge is 2.15. The highest BCUT2D eigenvalue weighted by molar-refractivity contribution is 5.85. The third-order valence-electron chi connectivity index (χ3n) is 2.23. The number of aryl methyl sites for hydroxylation is 1. The molecule has 0 spiro atoms. The number of rotatable bonds is 4. The van der Waals surface area contributed by atoms with Crippen molar-refractivity contribution in [2.45, 2.75) is 19.4 Å². The summed E-state index contributed by atoms with van der Waals surface area (Å²) in [6, 6.07) is 3.48. The van der Waals surface area contributed by atoms with Crippen LogP contribution in [-0.2, 0) is 11.2 Å². The third-order valence-corrected chi connectivity index (χ3v) is 2.23.